The maximum atomic E-state index is 12.8. The molecule has 3 aromatic rings. The molecule has 34 heavy (non-hydrogen) atoms. The van der Waals surface area contributed by atoms with Crippen LogP contribution in [0.25, 0.3) is 11.4 Å². The predicted molar refractivity (Wildman–Crippen MR) is 133 cm³/mol. The summed E-state index contributed by atoms with van der Waals surface area (Å²) in [6.07, 6.45) is 4.22. The van der Waals surface area contributed by atoms with Crippen molar-refractivity contribution in [3.8, 4) is 11.4 Å². The highest BCUT2D eigenvalue weighted by atomic mass is 16.2. The van der Waals surface area contributed by atoms with Crippen LogP contribution >= 0.6 is 0 Å². The number of benzene rings is 2. The Morgan fingerprint density at radius 1 is 1.12 bits per heavy atom. The largest absolute Gasteiger partial charge is 0.336 e. The average Bonchev–Trinajstić information content (AvgIpc) is 3.41. The minimum Gasteiger partial charge on any atom is -0.336 e. The zero-order chi connectivity index (χ0) is 23.8. The molecule has 1 saturated heterocycles. The van der Waals surface area contributed by atoms with Crippen molar-refractivity contribution in [1.29, 1.82) is 0 Å². The number of fused-ring (bicyclic) bond motifs is 1. The fraction of sp³-hybridized carbons (Fsp3) is 0.357. The van der Waals surface area contributed by atoms with E-state index in [9.17, 15) is 9.59 Å². The van der Waals surface area contributed by atoms with Crippen LogP contribution in [0.2, 0.25) is 0 Å². The van der Waals surface area contributed by atoms with E-state index in [1.54, 1.807) is 11.1 Å². The van der Waals surface area contributed by atoms with Crippen molar-refractivity contribution in [2.24, 2.45) is 0 Å². The quantitative estimate of drug-likeness (QED) is 0.545. The monoisotopic (exact) mass is 454 g/mol. The Kier molecular flexibility index (Phi) is 5.90. The lowest BCUT2D eigenvalue weighted by Gasteiger charge is -2.22. The normalized spacial score (nSPS) is 17.5. The van der Waals surface area contributed by atoms with E-state index in [0.717, 1.165) is 36.1 Å². The summed E-state index contributed by atoms with van der Waals surface area (Å²) < 4.78 is 0. The topological polar surface area (TPSA) is 66.4 Å². The van der Waals surface area contributed by atoms with E-state index < -0.39 is 0 Å². The van der Waals surface area contributed by atoms with Crippen molar-refractivity contribution in [3.63, 3.8) is 0 Å². The second-order valence-corrected chi connectivity index (χ2v) is 9.63. The lowest BCUT2D eigenvalue weighted by atomic mass is 9.97. The van der Waals surface area contributed by atoms with E-state index in [-0.39, 0.29) is 11.8 Å². The van der Waals surface area contributed by atoms with Crippen LogP contribution in [0.1, 0.15) is 66.6 Å². The Morgan fingerprint density at radius 2 is 1.88 bits per heavy atom. The molecule has 0 saturated carbocycles. The Morgan fingerprint density at radius 3 is 2.59 bits per heavy atom. The van der Waals surface area contributed by atoms with Crippen LogP contribution in [-0.2, 0) is 17.8 Å². The Bertz CT molecular complexity index is 1240. The minimum atomic E-state index is 0.0182. The third-order valence-electron chi connectivity index (χ3n) is 6.92. The number of amides is 2. The Hall–Kier alpha value is -3.54. The highest BCUT2D eigenvalue weighted by molar-refractivity contribution is 6.00. The van der Waals surface area contributed by atoms with Gasteiger partial charge in [0.1, 0.15) is 5.82 Å². The van der Waals surface area contributed by atoms with Crippen LogP contribution in [0.3, 0.4) is 0 Å². The molecule has 1 unspecified atom stereocenters. The van der Waals surface area contributed by atoms with Crippen molar-refractivity contribution in [2.45, 2.75) is 58.5 Å². The molecule has 2 aliphatic heterocycles. The predicted octanol–water partition coefficient (Wildman–Crippen LogP) is 4.98. The summed E-state index contributed by atoms with van der Waals surface area (Å²) in [7, 11) is 0. The van der Waals surface area contributed by atoms with Crippen molar-refractivity contribution < 1.29 is 9.59 Å². The second kappa shape index (κ2) is 9.01. The zero-order valence-electron chi connectivity index (χ0n) is 20.0. The molecule has 174 valence electrons. The van der Waals surface area contributed by atoms with Gasteiger partial charge in [-0.05, 0) is 48.9 Å². The zero-order valence-corrected chi connectivity index (χ0v) is 20.0. The smallest absolute Gasteiger partial charge is 0.254 e. The number of rotatable bonds is 5. The van der Waals surface area contributed by atoms with Gasteiger partial charge in [-0.25, -0.2) is 9.97 Å². The summed E-state index contributed by atoms with van der Waals surface area (Å²) >= 11 is 0. The summed E-state index contributed by atoms with van der Waals surface area (Å²) in [6.45, 7) is 7.65. The van der Waals surface area contributed by atoms with Gasteiger partial charge in [0.25, 0.3) is 5.91 Å². The van der Waals surface area contributed by atoms with Gasteiger partial charge in [-0.15, -0.1) is 0 Å². The SMILES string of the molecule is CC(C)c1ccccc1-c1ncc2c(n1)N(Cc1ccc(C(=O)N3CCCC3C)cc1)C(=O)C2. The minimum absolute atomic E-state index is 0.0182. The maximum absolute atomic E-state index is 12.8. The van der Waals surface area contributed by atoms with E-state index in [2.05, 4.69) is 31.8 Å². The maximum Gasteiger partial charge on any atom is 0.254 e. The molecule has 0 spiro atoms. The van der Waals surface area contributed by atoms with Crippen LogP contribution in [0, 0.1) is 0 Å². The van der Waals surface area contributed by atoms with Crippen LogP contribution in [0.5, 0.6) is 0 Å². The molecule has 2 amide bonds. The molecule has 3 heterocycles. The fourth-order valence-electron chi connectivity index (χ4n) is 4.97. The molecule has 2 aromatic carbocycles. The molecular weight excluding hydrogens is 424 g/mol. The number of hydrogen-bond acceptors (Lipinski definition) is 4. The summed E-state index contributed by atoms with van der Waals surface area (Å²) in [5.74, 6) is 1.77. The highest BCUT2D eigenvalue weighted by Gasteiger charge is 2.30. The van der Waals surface area contributed by atoms with Gasteiger partial charge in [0.2, 0.25) is 5.91 Å². The third kappa shape index (κ3) is 4.09. The number of anilines is 1. The van der Waals surface area contributed by atoms with Gasteiger partial charge in [0.15, 0.2) is 5.82 Å². The number of aromatic nitrogens is 2. The molecule has 0 radical (unpaired) electrons. The summed E-state index contributed by atoms with van der Waals surface area (Å²) in [5.41, 5.74) is 4.70. The van der Waals surface area contributed by atoms with Gasteiger partial charge in [-0.2, -0.15) is 0 Å². The molecule has 1 atom stereocenters. The van der Waals surface area contributed by atoms with E-state index >= 15 is 0 Å². The van der Waals surface area contributed by atoms with Gasteiger partial charge in [-0.1, -0.05) is 50.2 Å². The van der Waals surface area contributed by atoms with Crippen LogP contribution in [0.4, 0.5) is 5.82 Å². The molecule has 2 aliphatic rings. The summed E-state index contributed by atoms with van der Waals surface area (Å²) in [5, 5.41) is 0. The Labute approximate surface area is 200 Å². The molecule has 6 nitrogen and oxygen atoms in total. The van der Waals surface area contributed by atoms with Crippen molar-refractivity contribution >= 4 is 17.6 Å². The first-order chi connectivity index (χ1) is 16.4. The molecule has 6 heteroatoms. The second-order valence-electron chi connectivity index (χ2n) is 9.63. The summed E-state index contributed by atoms with van der Waals surface area (Å²) in [4.78, 5) is 38.8. The highest BCUT2D eigenvalue weighted by Crippen LogP contribution is 2.32. The average molecular weight is 455 g/mol. The lowest BCUT2D eigenvalue weighted by molar-refractivity contribution is -0.117. The first kappa shape index (κ1) is 22.3. The van der Waals surface area contributed by atoms with Gasteiger partial charge < -0.3 is 4.90 Å². The molecule has 1 aromatic heterocycles. The van der Waals surface area contributed by atoms with Crippen LogP contribution in [-0.4, -0.2) is 39.3 Å². The van der Waals surface area contributed by atoms with E-state index in [4.69, 9.17) is 4.98 Å². The van der Waals surface area contributed by atoms with Gasteiger partial charge in [0.05, 0.1) is 13.0 Å². The molecule has 1 fully saturated rings. The number of carbonyl (C=O) groups excluding carboxylic acids is 2. The van der Waals surface area contributed by atoms with E-state index in [0.29, 0.717) is 42.1 Å². The Balaban J connectivity index is 1.39. The number of carbonyl (C=O) groups is 2. The molecule has 5 rings (SSSR count). The number of hydrogen-bond donors (Lipinski definition) is 0. The van der Waals surface area contributed by atoms with Crippen molar-refractivity contribution in [1.82, 2.24) is 14.9 Å². The number of nitrogens with zero attached hydrogens (tertiary/aromatic N) is 4. The molecule has 0 aliphatic carbocycles. The van der Waals surface area contributed by atoms with E-state index in [1.807, 2.05) is 47.4 Å². The van der Waals surface area contributed by atoms with Crippen LogP contribution in [0.15, 0.2) is 54.7 Å². The van der Waals surface area contributed by atoms with Gasteiger partial charge >= 0.3 is 0 Å². The standard InChI is InChI=1S/C28H30N4O2/c1-18(2)23-8-4-5-9-24(23)26-29-16-22-15-25(33)32(27(22)30-26)17-20-10-12-21(13-11-20)28(34)31-14-6-7-19(31)3/h4-5,8-13,16,18-19H,6-7,14-15,17H2,1-3H3. The van der Waals surface area contributed by atoms with Crippen LogP contribution < -0.4 is 4.90 Å². The van der Waals surface area contributed by atoms with Gasteiger partial charge in [-0.3, -0.25) is 14.5 Å². The molecular formula is C28H30N4O2. The van der Waals surface area contributed by atoms with E-state index in [1.165, 1.54) is 5.56 Å². The number of likely N-dealkylation sites (tertiary alicyclic amines) is 1. The molecule has 0 N–H and O–H groups in total. The van der Waals surface area contributed by atoms with Crippen molar-refractivity contribution in [2.75, 3.05) is 11.4 Å². The van der Waals surface area contributed by atoms with Gasteiger partial charge in [0, 0.05) is 35.5 Å². The lowest BCUT2D eigenvalue weighted by Crippen LogP contribution is -2.33. The first-order valence-corrected chi connectivity index (χ1v) is 12.1. The fourth-order valence-corrected chi connectivity index (χ4v) is 4.97. The summed E-state index contributed by atoms with van der Waals surface area (Å²) in [6, 6.07) is 16.1. The van der Waals surface area contributed by atoms with Crippen molar-refractivity contribution in [3.05, 3.63) is 77.0 Å². The third-order valence-corrected chi connectivity index (χ3v) is 6.92. The molecule has 0 bridgehead atoms. The first-order valence-electron chi connectivity index (χ1n) is 12.1.